The molecule has 0 bridgehead atoms. The number of benzene rings is 2. The molecule has 2 aromatic carbocycles. The lowest BCUT2D eigenvalue weighted by Crippen LogP contribution is -2.15. The molecule has 1 N–H and O–H groups in total. The van der Waals surface area contributed by atoms with E-state index in [-0.39, 0.29) is 6.10 Å². The number of nitrogens with one attached hydrogen (secondary N) is 1. The lowest BCUT2D eigenvalue weighted by atomic mass is 10.1. The number of ether oxygens (including phenoxy) is 1. The second kappa shape index (κ2) is 6.25. The number of hydrogen-bond acceptors (Lipinski definition) is 2. The lowest BCUT2D eigenvalue weighted by molar-refractivity contribution is 0.121. The van der Waals surface area contributed by atoms with Crippen molar-refractivity contribution in [2.75, 3.05) is 5.32 Å². The maximum Gasteiger partial charge on any atom is 0.412 e. The normalized spacial score (nSPS) is 11.7. The van der Waals surface area contributed by atoms with Crippen LogP contribution in [0.5, 0.6) is 0 Å². The van der Waals surface area contributed by atoms with E-state index in [1.165, 1.54) is 0 Å². The van der Waals surface area contributed by atoms with Crippen LogP contribution < -0.4 is 5.32 Å². The van der Waals surface area contributed by atoms with Crippen LogP contribution in [0.1, 0.15) is 18.6 Å². The Kier molecular flexibility index (Phi) is 4.42. The summed E-state index contributed by atoms with van der Waals surface area (Å²) >= 11 is 5.77. The summed E-state index contributed by atoms with van der Waals surface area (Å²) in [5, 5.41) is 3.27. The fourth-order valence-electron chi connectivity index (χ4n) is 1.63. The van der Waals surface area contributed by atoms with E-state index in [9.17, 15) is 4.79 Å². The summed E-state index contributed by atoms with van der Waals surface area (Å²) in [6, 6.07) is 16.4. The summed E-state index contributed by atoms with van der Waals surface area (Å²) < 4.78 is 5.29. The molecular weight excluding hydrogens is 262 g/mol. The molecular formula is C15H14ClNO2. The van der Waals surface area contributed by atoms with Crippen LogP contribution in [-0.4, -0.2) is 6.09 Å². The highest BCUT2D eigenvalue weighted by atomic mass is 35.5. The fraction of sp³-hybridized carbons (Fsp3) is 0.133. The van der Waals surface area contributed by atoms with E-state index in [4.69, 9.17) is 16.3 Å². The van der Waals surface area contributed by atoms with Crippen molar-refractivity contribution in [2.45, 2.75) is 13.0 Å². The zero-order valence-corrected chi connectivity index (χ0v) is 11.2. The summed E-state index contributed by atoms with van der Waals surface area (Å²) in [4.78, 5) is 11.7. The predicted octanol–water partition coefficient (Wildman–Crippen LogP) is 4.65. The van der Waals surface area contributed by atoms with Gasteiger partial charge in [0.15, 0.2) is 0 Å². The molecule has 0 fully saturated rings. The van der Waals surface area contributed by atoms with Crippen LogP contribution >= 0.6 is 11.6 Å². The van der Waals surface area contributed by atoms with Gasteiger partial charge in [0.05, 0.1) is 0 Å². The van der Waals surface area contributed by atoms with Crippen molar-refractivity contribution in [1.82, 2.24) is 0 Å². The van der Waals surface area contributed by atoms with Gasteiger partial charge in [-0.25, -0.2) is 4.79 Å². The zero-order valence-electron chi connectivity index (χ0n) is 10.5. The van der Waals surface area contributed by atoms with E-state index < -0.39 is 6.09 Å². The van der Waals surface area contributed by atoms with Crippen molar-refractivity contribution < 1.29 is 9.53 Å². The van der Waals surface area contributed by atoms with Crippen LogP contribution in [-0.2, 0) is 4.74 Å². The Morgan fingerprint density at radius 1 is 1.11 bits per heavy atom. The Balaban J connectivity index is 1.93. The number of halogens is 1. The Morgan fingerprint density at radius 3 is 2.37 bits per heavy atom. The number of carbonyl (C=O) groups excluding carboxylic acids is 1. The Bertz CT molecular complexity index is 540. The van der Waals surface area contributed by atoms with E-state index in [1.807, 2.05) is 37.3 Å². The third-order valence-corrected chi connectivity index (χ3v) is 2.90. The Labute approximate surface area is 117 Å². The van der Waals surface area contributed by atoms with Gasteiger partial charge in [-0.3, -0.25) is 5.32 Å². The molecule has 3 nitrogen and oxygen atoms in total. The van der Waals surface area contributed by atoms with Gasteiger partial charge in [-0.2, -0.15) is 0 Å². The quantitative estimate of drug-likeness (QED) is 0.885. The van der Waals surface area contributed by atoms with Gasteiger partial charge in [0.2, 0.25) is 0 Å². The van der Waals surface area contributed by atoms with E-state index in [0.29, 0.717) is 10.7 Å². The fourth-order valence-corrected chi connectivity index (χ4v) is 1.76. The van der Waals surface area contributed by atoms with E-state index in [2.05, 4.69) is 5.32 Å². The minimum atomic E-state index is -0.487. The van der Waals surface area contributed by atoms with Gasteiger partial charge in [0.1, 0.15) is 6.10 Å². The third-order valence-electron chi connectivity index (χ3n) is 2.64. The van der Waals surface area contributed by atoms with Gasteiger partial charge in [-0.15, -0.1) is 0 Å². The average Bonchev–Trinajstić information content (AvgIpc) is 2.42. The van der Waals surface area contributed by atoms with E-state index in [0.717, 1.165) is 5.56 Å². The van der Waals surface area contributed by atoms with Gasteiger partial charge < -0.3 is 4.74 Å². The zero-order chi connectivity index (χ0) is 13.7. The van der Waals surface area contributed by atoms with Crippen LogP contribution in [0.15, 0.2) is 54.6 Å². The van der Waals surface area contributed by atoms with Crippen LogP contribution in [0.25, 0.3) is 0 Å². The van der Waals surface area contributed by atoms with Gasteiger partial charge in [0, 0.05) is 10.7 Å². The molecule has 0 spiro atoms. The van der Waals surface area contributed by atoms with Gasteiger partial charge in [-0.1, -0.05) is 41.9 Å². The summed E-state index contributed by atoms with van der Waals surface area (Å²) in [7, 11) is 0. The molecule has 98 valence electrons. The first-order valence-corrected chi connectivity index (χ1v) is 6.31. The summed E-state index contributed by atoms with van der Waals surface area (Å²) in [5.74, 6) is 0. The standard InChI is InChI=1S/C15H14ClNO2/c1-11(12-5-3-2-4-6-12)19-15(18)17-14-9-7-13(16)8-10-14/h2-11H,1H3,(H,17,18)/t11-/m0/s1. The molecule has 2 rings (SSSR count). The summed E-state index contributed by atoms with van der Waals surface area (Å²) in [6.07, 6.45) is -0.785. The van der Waals surface area contributed by atoms with Crippen molar-refractivity contribution in [3.8, 4) is 0 Å². The topological polar surface area (TPSA) is 38.3 Å². The number of amides is 1. The molecule has 0 aromatic heterocycles. The largest absolute Gasteiger partial charge is 0.441 e. The maximum absolute atomic E-state index is 11.7. The van der Waals surface area contributed by atoms with Crippen molar-refractivity contribution in [2.24, 2.45) is 0 Å². The molecule has 0 unspecified atom stereocenters. The molecule has 0 heterocycles. The molecule has 0 radical (unpaired) electrons. The van der Waals surface area contributed by atoms with Gasteiger partial charge >= 0.3 is 6.09 Å². The number of hydrogen-bond donors (Lipinski definition) is 1. The predicted molar refractivity (Wildman–Crippen MR) is 76.4 cm³/mol. The highest BCUT2D eigenvalue weighted by molar-refractivity contribution is 6.30. The first-order chi connectivity index (χ1) is 9.15. The average molecular weight is 276 g/mol. The monoisotopic (exact) mass is 275 g/mol. The molecule has 1 atom stereocenters. The molecule has 4 heteroatoms. The number of carbonyl (C=O) groups is 1. The summed E-state index contributed by atoms with van der Waals surface area (Å²) in [6.45, 7) is 1.83. The highest BCUT2D eigenvalue weighted by Gasteiger charge is 2.11. The van der Waals surface area contributed by atoms with Crippen molar-refractivity contribution in [3.63, 3.8) is 0 Å². The summed E-state index contributed by atoms with van der Waals surface area (Å²) in [5.41, 5.74) is 1.60. The second-order valence-corrected chi connectivity index (χ2v) is 4.53. The van der Waals surface area contributed by atoms with Crippen LogP contribution in [0, 0.1) is 0 Å². The smallest absolute Gasteiger partial charge is 0.412 e. The minimum Gasteiger partial charge on any atom is -0.441 e. The second-order valence-electron chi connectivity index (χ2n) is 4.09. The molecule has 0 aliphatic carbocycles. The van der Waals surface area contributed by atoms with Crippen molar-refractivity contribution in [3.05, 3.63) is 65.2 Å². The Morgan fingerprint density at radius 2 is 1.74 bits per heavy atom. The SMILES string of the molecule is C[C@H](OC(=O)Nc1ccc(Cl)cc1)c1ccccc1. The minimum absolute atomic E-state index is 0.298. The van der Waals surface area contributed by atoms with Crippen LogP contribution in [0.2, 0.25) is 5.02 Å². The van der Waals surface area contributed by atoms with Crippen LogP contribution in [0.4, 0.5) is 10.5 Å². The van der Waals surface area contributed by atoms with Gasteiger partial charge in [-0.05, 0) is 36.8 Å². The molecule has 0 saturated carbocycles. The molecule has 0 saturated heterocycles. The lowest BCUT2D eigenvalue weighted by Gasteiger charge is -2.14. The van der Waals surface area contributed by atoms with Crippen LogP contribution in [0.3, 0.4) is 0 Å². The highest BCUT2D eigenvalue weighted by Crippen LogP contribution is 2.18. The molecule has 19 heavy (non-hydrogen) atoms. The van der Waals surface area contributed by atoms with Gasteiger partial charge in [0.25, 0.3) is 0 Å². The molecule has 1 amide bonds. The van der Waals surface area contributed by atoms with E-state index in [1.54, 1.807) is 24.3 Å². The first-order valence-electron chi connectivity index (χ1n) is 5.93. The maximum atomic E-state index is 11.7. The number of anilines is 1. The number of rotatable bonds is 3. The van der Waals surface area contributed by atoms with Crippen molar-refractivity contribution >= 4 is 23.4 Å². The molecule has 2 aromatic rings. The first kappa shape index (κ1) is 13.4. The Hall–Kier alpha value is -2.00. The third kappa shape index (κ3) is 4.00. The molecule has 0 aliphatic heterocycles. The molecule has 0 aliphatic rings. The van der Waals surface area contributed by atoms with E-state index >= 15 is 0 Å². The van der Waals surface area contributed by atoms with Crippen molar-refractivity contribution in [1.29, 1.82) is 0 Å².